The maximum Gasteiger partial charge on any atom is 0.416 e. The minimum absolute atomic E-state index is 0.139. The summed E-state index contributed by atoms with van der Waals surface area (Å²) in [5.74, 6) is -1.24. The molecule has 156 valence electrons. The average molecular weight is 429 g/mol. The number of sulfonamides is 1. The SMILES string of the molecule is CC(=O)c1ccc(S(=O)(=O)N(C)CC(=O)OCc2ccccc2C(F)(F)F)cc1. The first-order chi connectivity index (χ1) is 13.4. The number of esters is 1. The molecule has 0 heterocycles. The van der Waals surface area contributed by atoms with Gasteiger partial charge in [-0.1, -0.05) is 30.3 Å². The maximum absolute atomic E-state index is 13.0. The van der Waals surface area contributed by atoms with E-state index in [1.165, 1.54) is 49.4 Å². The van der Waals surface area contributed by atoms with Gasteiger partial charge in [-0.2, -0.15) is 17.5 Å². The number of alkyl halides is 3. The Morgan fingerprint density at radius 2 is 1.62 bits per heavy atom. The van der Waals surface area contributed by atoms with E-state index in [9.17, 15) is 31.2 Å². The molecular formula is C19H18F3NO5S. The molecule has 2 aromatic rings. The molecule has 0 aliphatic rings. The van der Waals surface area contributed by atoms with Gasteiger partial charge in [-0.05, 0) is 25.1 Å². The summed E-state index contributed by atoms with van der Waals surface area (Å²) < 4.78 is 69.4. The molecule has 0 amide bonds. The smallest absolute Gasteiger partial charge is 0.416 e. The van der Waals surface area contributed by atoms with Crippen LogP contribution in [0.4, 0.5) is 13.2 Å². The molecule has 0 atom stereocenters. The fraction of sp³-hybridized carbons (Fsp3) is 0.263. The van der Waals surface area contributed by atoms with Crippen molar-refractivity contribution in [1.29, 1.82) is 0 Å². The van der Waals surface area contributed by atoms with Crippen molar-refractivity contribution in [3.05, 3.63) is 65.2 Å². The molecule has 0 aliphatic heterocycles. The monoisotopic (exact) mass is 429 g/mol. The van der Waals surface area contributed by atoms with Crippen LogP contribution in [0.3, 0.4) is 0 Å². The van der Waals surface area contributed by atoms with Gasteiger partial charge in [0.1, 0.15) is 13.2 Å². The van der Waals surface area contributed by atoms with Crippen LogP contribution in [0, 0.1) is 0 Å². The summed E-state index contributed by atoms with van der Waals surface area (Å²) in [4.78, 5) is 23.1. The molecule has 6 nitrogen and oxygen atoms in total. The van der Waals surface area contributed by atoms with E-state index in [2.05, 4.69) is 0 Å². The molecule has 0 saturated carbocycles. The molecule has 0 fully saturated rings. The van der Waals surface area contributed by atoms with Crippen molar-refractivity contribution in [3.8, 4) is 0 Å². The molecule has 0 N–H and O–H groups in total. The molecule has 2 rings (SSSR count). The Morgan fingerprint density at radius 1 is 1.03 bits per heavy atom. The van der Waals surface area contributed by atoms with E-state index in [0.717, 1.165) is 13.1 Å². The Morgan fingerprint density at radius 3 is 2.17 bits per heavy atom. The number of likely N-dealkylation sites (N-methyl/N-ethyl adjacent to an activating group) is 1. The zero-order valence-electron chi connectivity index (χ0n) is 15.6. The Hall–Kier alpha value is -2.72. The third-order valence-corrected chi connectivity index (χ3v) is 5.85. The van der Waals surface area contributed by atoms with Gasteiger partial charge >= 0.3 is 12.1 Å². The third-order valence-electron chi connectivity index (χ3n) is 4.03. The first-order valence-corrected chi connectivity index (χ1v) is 9.75. The maximum atomic E-state index is 13.0. The lowest BCUT2D eigenvalue weighted by Gasteiger charge is -2.17. The van der Waals surface area contributed by atoms with Crippen molar-refractivity contribution >= 4 is 21.8 Å². The van der Waals surface area contributed by atoms with E-state index in [4.69, 9.17) is 4.74 Å². The number of Topliss-reactive ketones (excluding diaryl/α,β-unsaturated/α-hetero) is 1. The summed E-state index contributed by atoms with van der Waals surface area (Å²) in [5, 5.41) is 0. The number of rotatable bonds is 7. The summed E-state index contributed by atoms with van der Waals surface area (Å²) in [5.41, 5.74) is -0.840. The summed E-state index contributed by atoms with van der Waals surface area (Å²) in [6.45, 7) is 0.00324. The molecule has 29 heavy (non-hydrogen) atoms. The van der Waals surface area contributed by atoms with Crippen LogP contribution in [0.15, 0.2) is 53.4 Å². The first-order valence-electron chi connectivity index (χ1n) is 8.31. The molecule has 0 saturated heterocycles. The van der Waals surface area contributed by atoms with E-state index in [1.807, 2.05) is 0 Å². The first kappa shape index (κ1) is 22.6. The van der Waals surface area contributed by atoms with Crippen molar-refractivity contribution in [2.24, 2.45) is 0 Å². The van der Waals surface area contributed by atoms with Crippen LogP contribution in [0.5, 0.6) is 0 Å². The highest BCUT2D eigenvalue weighted by Gasteiger charge is 2.33. The van der Waals surface area contributed by atoms with E-state index in [1.54, 1.807) is 0 Å². The topological polar surface area (TPSA) is 80.8 Å². The minimum atomic E-state index is -4.60. The van der Waals surface area contributed by atoms with Gasteiger partial charge in [-0.25, -0.2) is 8.42 Å². The van der Waals surface area contributed by atoms with Gasteiger partial charge in [0.05, 0.1) is 10.5 Å². The van der Waals surface area contributed by atoms with Crippen molar-refractivity contribution in [2.45, 2.75) is 24.6 Å². The van der Waals surface area contributed by atoms with Crippen LogP contribution < -0.4 is 0 Å². The van der Waals surface area contributed by atoms with Crippen molar-refractivity contribution in [3.63, 3.8) is 0 Å². The molecule has 10 heteroatoms. The third kappa shape index (κ3) is 5.64. The zero-order valence-corrected chi connectivity index (χ0v) is 16.4. The van der Waals surface area contributed by atoms with E-state index in [-0.39, 0.29) is 16.2 Å². The Balaban J connectivity index is 2.04. The van der Waals surface area contributed by atoms with Gasteiger partial charge in [-0.3, -0.25) is 9.59 Å². The van der Waals surface area contributed by atoms with Crippen LogP contribution in [0.2, 0.25) is 0 Å². The quantitative estimate of drug-likeness (QED) is 0.499. The summed E-state index contributed by atoms with van der Waals surface area (Å²) in [7, 11) is -2.91. The summed E-state index contributed by atoms with van der Waals surface area (Å²) in [6, 6.07) is 9.77. The highest BCUT2D eigenvalue weighted by atomic mass is 32.2. The lowest BCUT2D eigenvalue weighted by Crippen LogP contribution is -2.33. The van der Waals surface area contributed by atoms with Crippen LogP contribution in [0.1, 0.15) is 28.4 Å². The molecule has 0 radical (unpaired) electrons. The molecule has 0 bridgehead atoms. The number of benzene rings is 2. The van der Waals surface area contributed by atoms with E-state index < -0.39 is 40.9 Å². The Kier molecular flexibility index (Phi) is 6.81. The second-order valence-electron chi connectivity index (χ2n) is 6.16. The van der Waals surface area contributed by atoms with Crippen LogP contribution >= 0.6 is 0 Å². The van der Waals surface area contributed by atoms with Crippen molar-refractivity contribution < 1.29 is 35.9 Å². The summed E-state index contributed by atoms with van der Waals surface area (Å²) >= 11 is 0. The molecule has 0 spiro atoms. The van der Waals surface area contributed by atoms with Gasteiger partial charge in [0, 0.05) is 18.2 Å². The molecular weight excluding hydrogens is 411 g/mol. The highest BCUT2D eigenvalue weighted by Crippen LogP contribution is 2.32. The highest BCUT2D eigenvalue weighted by molar-refractivity contribution is 7.89. The average Bonchev–Trinajstić information content (AvgIpc) is 2.65. The zero-order chi connectivity index (χ0) is 21.8. The van der Waals surface area contributed by atoms with Crippen LogP contribution in [0.25, 0.3) is 0 Å². The van der Waals surface area contributed by atoms with E-state index in [0.29, 0.717) is 9.87 Å². The van der Waals surface area contributed by atoms with Crippen molar-refractivity contribution in [1.82, 2.24) is 4.31 Å². The number of hydrogen-bond donors (Lipinski definition) is 0. The van der Waals surface area contributed by atoms with Gasteiger partial charge < -0.3 is 4.74 Å². The van der Waals surface area contributed by atoms with Gasteiger partial charge in [0.25, 0.3) is 0 Å². The normalized spacial score (nSPS) is 12.1. The molecule has 0 aromatic heterocycles. The van der Waals surface area contributed by atoms with Gasteiger partial charge in [-0.15, -0.1) is 0 Å². The number of carbonyl (C=O) groups excluding carboxylic acids is 2. The lowest BCUT2D eigenvalue weighted by atomic mass is 10.1. The predicted molar refractivity (Wildman–Crippen MR) is 97.5 cm³/mol. The number of hydrogen-bond acceptors (Lipinski definition) is 5. The standard InChI is InChI=1S/C19H18F3NO5S/c1-13(24)14-7-9-16(10-8-14)29(26,27)23(2)11-18(25)28-12-15-5-3-4-6-17(15)19(20,21)22/h3-10H,11-12H2,1-2H3. The van der Waals surface area contributed by atoms with Crippen LogP contribution in [-0.4, -0.2) is 38.1 Å². The van der Waals surface area contributed by atoms with Crippen LogP contribution in [-0.2, 0) is 32.3 Å². The molecule has 2 aromatic carbocycles. The van der Waals surface area contributed by atoms with E-state index >= 15 is 0 Å². The second kappa shape index (κ2) is 8.75. The fourth-order valence-corrected chi connectivity index (χ4v) is 3.55. The summed E-state index contributed by atoms with van der Waals surface area (Å²) in [6.07, 6.45) is -4.60. The largest absolute Gasteiger partial charge is 0.460 e. The second-order valence-corrected chi connectivity index (χ2v) is 8.20. The van der Waals surface area contributed by atoms with Gasteiger partial charge in [0.15, 0.2) is 5.78 Å². The Labute approximate surface area is 165 Å². The molecule has 0 unspecified atom stereocenters. The van der Waals surface area contributed by atoms with Gasteiger partial charge in [0.2, 0.25) is 10.0 Å². The number of ether oxygens (including phenoxy) is 1. The number of halogens is 3. The minimum Gasteiger partial charge on any atom is -0.460 e. The predicted octanol–water partition coefficient (Wildman–Crippen LogP) is 3.27. The fourth-order valence-electron chi connectivity index (χ4n) is 2.43. The number of nitrogens with zero attached hydrogens (tertiary/aromatic N) is 1. The van der Waals surface area contributed by atoms with Crippen molar-refractivity contribution in [2.75, 3.05) is 13.6 Å². The molecule has 0 aliphatic carbocycles. The number of ketones is 1. The Bertz CT molecular complexity index is 1000. The number of carbonyl (C=O) groups is 2. The lowest BCUT2D eigenvalue weighted by molar-refractivity contribution is -0.147.